The zero-order chi connectivity index (χ0) is 15.5. The van der Waals surface area contributed by atoms with Gasteiger partial charge in [0.15, 0.2) is 0 Å². The molecule has 2 N–H and O–H groups in total. The van der Waals surface area contributed by atoms with Gasteiger partial charge in [-0.25, -0.2) is 17.5 Å². The number of rotatable bonds is 6. The van der Waals surface area contributed by atoms with Crippen molar-refractivity contribution < 1.29 is 17.9 Å². The molecule has 9 heteroatoms. The topological polar surface area (TPSA) is 97.1 Å². The molecule has 1 heterocycles. The highest BCUT2D eigenvalue weighted by Crippen LogP contribution is 2.15. The first-order valence-corrected chi connectivity index (χ1v) is 7.64. The van der Waals surface area contributed by atoms with Gasteiger partial charge < -0.3 is 9.67 Å². The van der Waals surface area contributed by atoms with Crippen LogP contribution < -0.4 is 4.72 Å². The molecule has 0 amide bonds. The third-order valence-corrected chi connectivity index (χ3v) is 4.40. The Labute approximate surface area is 121 Å². The highest BCUT2D eigenvalue weighted by Gasteiger charge is 2.16. The average molecular weight is 314 g/mol. The summed E-state index contributed by atoms with van der Waals surface area (Å²) in [5.41, 5.74) is -0.0637. The fourth-order valence-corrected chi connectivity index (χ4v) is 2.84. The van der Waals surface area contributed by atoms with Crippen LogP contribution in [0.3, 0.4) is 0 Å². The van der Waals surface area contributed by atoms with E-state index in [9.17, 15) is 12.8 Å². The standard InChI is InChI=1S/C12H15FN4O3S/c1-17-8-14-16-12(17)4-5-15-21(19,20)10-2-3-11(13)9(6-10)7-18/h2-3,6,8,15,18H,4-5,7H2,1H3. The zero-order valence-electron chi connectivity index (χ0n) is 11.3. The molecule has 0 radical (unpaired) electrons. The lowest BCUT2D eigenvalue weighted by molar-refractivity contribution is 0.275. The Bertz CT molecular complexity index is 730. The first-order chi connectivity index (χ1) is 9.94. The lowest BCUT2D eigenvalue weighted by atomic mass is 10.2. The first kappa shape index (κ1) is 15.5. The molecule has 0 saturated carbocycles. The summed E-state index contributed by atoms with van der Waals surface area (Å²) in [5, 5.41) is 16.5. The van der Waals surface area contributed by atoms with Gasteiger partial charge in [-0.1, -0.05) is 0 Å². The van der Waals surface area contributed by atoms with Crippen LogP contribution in [0.1, 0.15) is 11.4 Å². The van der Waals surface area contributed by atoms with Crippen molar-refractivity contribution in [2.75, 3.05) is 6.54 Å². The van der Waals surface area contributed by atoms with E-state index in [4.69, 9.17) is 5.11 Å². The number of nitrogens with one attached hydrogen (secondary N) is 1. The van der Waals surface area contributed by atoms with E-state index < -0.39 is 22.4 Å². The number of hydrogen-bond donors (Lipinski definition) is 2. The van der Waals surface area contributed by atoms with E-state index in [1.54, 1.807) is 11.6 Å². The maximum atomic E-state index is 13.2. The lowest BCUT2D eigenvalue weighted by Gasteiger charge is -2.08. The summed E-state index contributed by atoms with van der Waals surface area (Å²) in [6.45, 7) is -0.422. The van der Waals surface area contributed by atoms with Crippen molar-refractivity contribution in [3.05, 3.63) is 41.7 Å². The molecule has 2 aromatic rings. The van der Waals surface area contributed by atoms with Crippen molar-refractivity contribution in [3.8, 4) is 0 Å². The third kappa shape index (κ3) is 3.63. The van der Waals surface area contributed by atoms with Crippen molar-refractivity contribution in [3.63, 3.8) is 0 Å². The van der Waals surface area contributed by atoms with Crippen LogP contribution in [0.4, 0.5) is 4.39 Å². The molecule has 7 nitrogen and oxygen atoms in total. The van der Waals surface area contributed by atoms with Gasteiger partial charge in [-0.3, -0.25) is 0 Å². The Balaban J connectivity index is 2.06. The molecular formula is C12H15FN4O3S. The number of sulfonamides is 1. The van der Waals surface area contributed by atoms with E-state index in [-0.39, 0.29) is 17.0 Å². The Morgan fingerprint density at radius 1 is 1.43 bits per heavy atom. The monoisotopic (exact) mass is 314 g/mol. The van der Waals surface area contributed by atoms with Crippen molar-refractivity contribution >= 4 is 10.0 Å². The summed E-state index contributed by atoms with van der Waals surface area (Å²) in [6.07, 6.45) is 1.90. The van der Waals surface area contributed by atoms with Crippen LogP contribution in [0, 0.1) is 5.82 Å². The molecule has 0 aliphatic carbocycles. The number of aromatic nitrogens is 3. The maximum absolute atomic E-state index is 13.2. The molecule has 0 bridgehead atoms. The second kappa shape index (κ2) is 6.29. The summed E-state index contributed by atoms with van der Waals surface area (Å²) in [7, 11) is -2.00. The van der Waals surface area contributed by atoms with Crippen LogP contribution in [-0.4, -0.2) is 34.8 Å². The van der Waals surface area contributed by atoms with Crippen molar-refractivity contribution in [1.82, 2.24) is 19.5 Å². The third-order valence-electron chi connectivity index (χ3n) is 2.94. The van der Waals surface area contributed by atoms with Gasteiger partial charge in [0.25, 0.3) is 0 Å². The van der Waals surface area contributed by atoms with Crippen molar-refractivity contribution in [2.45, 2.75) is 17.9 Å². The van der Waals surface area contributed by atoms with Crippen LogP contribution in [-0.2, 0) is 30.1 Å². The van der Waals surface area contributed by atoms with Gasteiger partial charge in [-0.05, 0) is 18.2 Å². The van der Waals surface area contributed by atoms with Crippen LogP contribution in [0.25, 0.3) is 0 Å². The molecule has 0 atom stereocenters. The van der Waals surface area contributed by atoms with Gasteiger partial charge in [0.05, 0.1) is 11.5 Å². The van der Waals surface area contributed by atoms with Gasteiger partial charge in [0.1, 0.15) is 18.0 Å². The number of benzene rings is 1. The van der Waals surface area contributed by atoms with E-state index in [0.717, 1.165) is 18.2 Å². The number of aliphatic hydroxyl groups is 1. The zero-order valence-corrected chi connectivity index (χ0v) is 12.1. The van der Waals surface area contributed by atoms with Crippen LogP contribution in [0.5, 0.6) is 0 Å². The fourth-order valence-electron chi connectivity index (χ4n) is 1.75. The predicted octanol–water partition coefficient (Wildman–Crippen LogP) is -0.0325. The van der Waals surface area contributed by atoms with Gasteiger partial charge >= 0.3 is 0 Å². The van der Waals surface area contributed by atoms with E-state index in [1.807, 2.05) is 0 Å². The van der Waals surface area contributed by atoms with Gasteiger partial charge in [-0.2, -0.15) is 0 Å². The predicted molar refractivity (Wildman–Crippen MR) is 72.2 cm³/mol. The number of nitrogens with zero attached hydrogens (tertiary/aromatic N) is 3. The second-order valence-electron chi connectivity index (χ2n) is 4.42. The van der Waals surface area contributed by atoms with Crippen LogP contribution in [0.2, 0.25) is 0 Å². The molecule has 0 aliphatic heterocycles. The lowest BCUT2D eigenvalue weighted by Crippen LogP contribution is -2.26. The SMILES string of the molecule is Cn1cnnc1CCNS(=O)(=O)c1ccc(F)c(CO)c1. The maximum Gasteiger partial charge on any atom is 0.240 e. The van der Waals surface area contributed by atoms with Crippen LogP contribution >= 0.6 is 0 Å². The molecule has 0 spiro atoms. The molecule has 21 heavy (non-hydrogen) atoms. The number of aryl methyl sites for hydroxylation is 1. The average Bonchev–Trinajstić information content (AvgIpc) is 2.84. The molecule has 0 unspecified atom stereocenters. The Morgan fingerprint density at radius 3 is 2.81 bits per heavy atom. The molecule has 2 rings (SSSR count). The highest BCUT2D eigenvalue weighted by molar-refractivity contribution is 7.89. The van der Waals surface area contributed by atoms with E-state index >= 15 is 0 Å². The van der Waals surface area contributed by atoms with E-state index in [2.05, 4.69) is 14.9 Å². The van der Waals surface area contributed by atoms with E-state index in [1.165, 1.54) is 6.33 Å². The minimum atomic E-state index is -3.76. The number of halogens is 1. The molecule has 0 aliphatic rings. The highest BCUT2D eigenvalue weighted by atomic mass is 32.2. The first-order valence-electron chi connectivity index (χ1n) is 6.16. The second-order valence-corrected chi connectivity index (χ2v) is 6.18. The summed E-state index contributed by atoms with van der Waals surface area (Å²) in [5.74, 6) is 0.00314. The molecular weight excluding hydrogens is 299 g/mol. The Morgan fingerprint density at radius 2 is 2.19 bits per heavy atom. The normalized spacial score (nSPS) is 11.8. The quantitative estimate of drug-likeness (QED) is 0.780. The molecule has 0 fully saturated rings. The van der Waals surface area contributed by atoms with Crippen molar-refractivity contribution in [2.24, 2.45) is 7.05 Å². The Hall–Kier alpha value is -1.84. The number of hydrogen-bond acceptors (Lipinski definition) is 5. The summed E-state index contributed by atoms with van der Waals surface area (Å²) in [6, 6.07) is 3.28. The molecule has 1 aromatic carbocycles. The van der Waals surface area contributed by atoms with Crippen molar-refractivity contribution in [1.29, 1.82) is 0 Å². The fraction of sp³-hybridized carbons (Fsp3) is 0.333. The largest absolute Gasteiger partial charge is 0.392 e. The summed E-state index contributed by atoms with van der Waals surface area (Å²) >= 11 is 0. The minimum Gasteiger partial charge on any atom is -0.392 e. The van der Waals surface area contributed by atoms with Gasteiger partial charge in [0, 0.05) is 25.6 Å². The van der Waals surface area contributed by atoms with E-state index in [0.29, 0.717) is 12.2 Å². The molecule has 114 valence electrons. The van der Waals surface area contributed by atoms with Gasteiger partial charge in [0.2, 0.25) is 10.0 Å². The summed E-state index contributed by atoms with van der Waals surface area (Å²) < 4.78 is 41.5. The minimum absolute atomic E-state index is 0.0637. The number of aliphatic hydroxyl groups excluding tert-OH is 1. The molecule has 1 aromatic heterocycles. The summed E-state index contributed by atoms with van der Waals surface area (Å²) in [4.78, 5) is -0.0917. The molecule has 0 saturated heterocycles. The van der Waals surface area contributed by atoms with Crippen LogP contribution in [0.15, 0.2) is 29.4 Å². The van der Waals surface area contributed by atoms with Gasteiger partial charge in [-0.15, -0.1) is 10.2 Å². The smallest absolute Gasteiger partial charge is 0.240 e. The Kier molecular flexibility index (Phi) is 4.66.